The molecule has 94 valence electrons. The third-order valence-corrected chi connectivity index (χ3v) is 3.39. The molecule has 1 unspecified atom stereocenters. The summed E-state index contributed by atoms with van der Waals surface area (Å²) in [5.41, 5.74) is 0.620. The monoisotopic (exact) mass is 237 g/mol. The Bertz CT molecular complexity index is 376. The molecule has 0 aromatic heterocycles. The molecule has 1 aliphatic rings. The first kappa shape index (κ1) is 12.4. The summed E-state index contributed by atoms with van der Waals surface area (Å²) in [6.45, 7) is 2.88. The average Bonchev–Trinajstić information content (AvgIpc) is 3.08. The minimum atomic E-state index is -0.341. The predicted molar refractivity (Wildman–Crippen MR) is 66.4 cm³/mol. The van der Waals surface area contributed by atoms with E-state index in [0.29, 0.717) is 5.56 Å². The zero-order valence-electron chi connectivity index (χ0n) is 10.2. The maximum atomic E-state index is 13.5. The number of aromatic hydroxyl groups is 1. The van der Waals surface area contributed by atoms with Gasteiger partial charge in [0.25, 0.3) is 0 Å². The quantitative estimate of drug-likeness (QED) is 0.743. The summed E-state index contributed by atoms with van der Waals surface area (Å²) < 4.78 is 13.5. The summed E-state index contributed by atoms with van der Waals surface area (Å²) in [6.07, 6.45) is 5.23. The molecule has 0 amide bonds. The second-order valence-corrected chi connectivity index (χ2v) is 4.97. The van der Waals surface area contributed by atoms with Crippen molar-refractivity contribution in [1.29, 1.82) is 0 Å². The minimum Gasteiger partial charge on any atom is -0.508 e. The number of hydrogen-bond acceptors (Lipinski definition) is 2. The van der Waals surface area contributed by atoms with Gasteiger partial charge in [0, 0.05) is 17.7 Å². The van der Waals surface area contributed by atoms with Crippen LogP contribution in [0.1, 0.15) is 44.2 Å². The molecule has 0 spiro atoms. The van der Waals surface area contributed by atoms with Crippen LogP contribution in [0.25, 0.3) is 0 Å². The average molecular weight is 237 g/mol. The highest BCUT2D eigenvalue weighted by molar-refractivity contribution is 5.29. The molecule has 1 aliphatic carbocycles. The Morgan fingerprint density at radius 3 is 2.88 bits per heavy atom. The smallest absolute Gasteiger partial charge is 0.131 e. The Morgan fingerprint density at radius 2 is 2.24 bits per heavy atom. The molecular formula is C14H20FNO. The zero-order valence-corrected chi connectivity index (χ0v) is 10.2. The van der Waals surface area contributed by atoms with E-state index in [4.69, 9.17) is 5.11 Å². The highest BCUT2D eigenvalue weighted by Gasteiger charge is 2.20. The Balaban J connectivity index is 1.78. The van der Waals surface area contributed by atoms with Crippen molar-refractivity contribution in [2.24, 2.45) is 5.92 Å². The molecule has 1 saturated carbocycles. The molecule has 0 radical (unpaired) electrons. The summed E-state index contributed by atoms with van der Waals surface area (Å²) in [5.74, 6) is 0.594. The second-order valence-electron chi connectivity index (χ2n) is 4.97. The maximum absolute atomic E-state index is 13.5. The van der Waals surface area contributed by atoms with Gasteiger partial charge in [-0.3, -0.25) is 0 Å². The van der Waals surface area contributed by atoms with E-state index in [0.717, 1.165) is 24.9 Å². The molecule has 3 heteroatoms. The first-order valence-corrected chi connectivity index (χ1v) is 6.38. The van der Waals surface area contributed by atoms with Crippen molar-refractivity contribution in [3.8, 4) is 5.75 Å². The van der Waals surface area contributed by atoms with E-state index < -0.39 is 0 Å². The van der Waals surface area contributed by atoms with E-state index >= 15 is 0 Å². The fraction of sp³-hybridized carbons (Fsp3) is 0.571. The third kappa shape index (κ3) is 3.70. The first-order chi connectivity index (χ1) is 8.16. The molecule has 17 heavy (non-hydrogen) atoms. The van der Waals surface area contributed by atoms with E-state index in [1.165, 1.54) is 25.3 Å². The second kappa shape index (κ2) is 5.50. The van der Waals surface area contributed by atoms with Gasteiger partial charge in [0.15, 0.2) is 0 Å². The van der Waals surface area contributed by atoms with Crippen molar-refractivity contribution < 1.29 is 9.50 Å². The number of rotatable bonds is 6. The largest absolute Gasteiger partial charge is 0.508 e. The van der Waals surface area contributed by atoms with Gasteiger partial charge in [-0.2, -0.15) is 0 Å². The van der Waals surface area contributed by atoms with Gasteiger partial charge in [0.2, 0.25) is 0 Å². The molecule has 0 bridgehead atoms. The van der Waals surface area contributed by atoms with Crippen molar-refractivity contribution >= 4 is 0 Å². The predicted octanol–water partition coefficient (Wildman–Crippen LogP) is 3.37. The fourth-order valence-corrected chi connectivity index (χ4v) is 2.09. The van der Waals surface area contributed by atoms with E-state index in [1.54, 1.807) is 6.07 Å². The van der Waals surface area contributed by atoms with Gasteiger partial charge in [-0.15, -0.1) is 0 Å². The van der Waals surface area contributed by atoms with Gasteiger partial charge in [0.1, 0.15) is 11.6 Å². The van der Waals surface area contributed by atoms with Crippen LogP contribution < -0.4 is 5.32 Å². The lowest BCUT2D eigenvalue weighted by molar-refractivity contribution is 0.462. The SMILES string of the molecule is CC(NCCCC1CC1)c1ccc(O)cc1F. The molecule has 0 aliphatic heterocycles. The zero-order chi connectivity index (χ0) is 12.3. The number of benzene rings is 1. The van der Waals surface area contributed by atoms with Crippen molar-refractivity contribution in [3.05, 3.63) is 29.6 Å². The van der Waals surface area contributed by atoms with Crippen LogP contribution in [0.15, 0.2) is 18.2 Å². The van der Waals surface area contributed by atoms with Crippen LogP contribution in [-0.4, -0.2) is 11.7 Å². The minimum absolute atomic E-state index is 0.00481. The fourth-order valence-electron chi connectivity index (χ4n) is 2.09. The number of phenols is 1. The van der Waals surface area contributed by atoms with Crippen molar-refractivity contribution in [2.45, 2.75) is 38.6 Å². The number of nitrogens with one attached hydrogen (secondary N) is 1. The lowest BCUT2D eigenvalue weighted by atomic mass is 10.1. The van der Waals surface area contributed by atoms with E-state index in [2.05, 4.69) is 5.32 Å². The summed E-state index contributed by atoms with van der Waals surface area (Å²) in [4.78, 5) is 0. The third-order valence-electron chi connectivity index (χ3n) is 3.39. The van der Waals surface area contributed by atoms with Gasteiger partial charge >= 0.3 is 0 Å². The lowest BCUT2D eigenvalue weighted by Gasteiger charge is -2.15. The number of phenolic OH excluding ortho intramolecular Hbond substituents is 1. The van der Waals surface area contributed by atoms with Crippen LogP contribution in [0, 0.1) is 11.7 Å². The van der Waals surface area contributed by atoms with E-state index in [1.807, 2.05) is 6.92 Å². The van der Waals surface area contributed by atoms with Gasteiger partial charge in [0.05, 0.1) is 0 Å². The Labute approximate surface area is 102 Å². The summed E-state index contributed by atoms with van der Waals surface area (Å²) in [6, 6.07) is 4.33. The first-order valence-electron chi connectivity index (χ1n) is 6.38. The lowest BCUT2D eigenvalue weighted by Crippen LogP contribution is -2.20. The van der Waals surface area contributed by atoms with Crippen LogP contribution in [0.3, 0.4) is 0 Å². The highest BCUT2D eigenvalue weighted by Crippen LogP contribution is 2.33. The molecule has 2 nitrogen and oxygen atoms in total. The highest BCUT2D eigenvalue weighted by atomic mass is 19.1. The molecule has 2 N–H and O–H groups in total. The van der Waals surface area contributed by atoms with Crippen LogP contribution in [0.2, 0.25) is 0 Å². The summed E-state index contributed by atoms with van der Waals surface area (Å²) >= 11 is 0. The van der Waals surface area contributed by atoms with E-state index in [-0.39, 0.29) is 17.6 Å². The van der Waals surface area contributed by atoms with Gasteiger partial charge in [-0.1, -0.05) is 18.9 Å². The summed E-state index contributed by atoms with van der Waals surface area (Å²) in [7, 11) is 0. The van der Waals surface area contributed by atoms with Crippen molar-refractivity contribution in [3.63, 3.8) is 0 Å². The number of hydrogen-bond donors (Lipinski definition) is 2. The van der Waals surface area contributed by atoms with Gasteiger partial charge < -0.3 is 10.4 Å². The van der Waals surface area contributed by atoms with Crippen LogP contribution in [-0.2, 0) is 0 Å². The Kier molecular flexibility index (Phi) is 4.00. The molecule has 1 fully saturated rings. The number of halogens is 1. The van der Waals surface area contributed by atoms with Crippen LogP contribution in [0.5, 0.6) is 5.75 Å². The van der Waals surface area contributed by atoms with Gasteiger partial charge in [-0.25, -0.2) is 4.39 Å². The molecule has 2 rings (SSSR count). The molecule has 1 aromatic rings. The van der Waals surface area contributed by atoms with Crippen molar-refractivity contribution in [1.82, 2.24) is 5.32 Å². The van der Waals surface area contributed by atoms with Gasteiger partial charge in [-0.05, 0) is 38.3 Å². The van der Waals surface area contributed by atoms with Crippen LogP contribution >= 0.6 is 0 Å². The maximum Gasteiger partial charge on any atom is 0.131 e. The Hall–Kier alpha value is -1.09. The normalized spacial score (nSPS) is 17.1. The Morgan fingerprint density at radius 1 is 1.47 bits per heavy atom. The van der Waals surface area contributed by atoms with Crippen LogP contribution in [0.4, 0.5) is 4.39 Å². The van der Waals surface area contributed by atoms with E-state index in [9.17, 15) is 4.39 Å². The topological polar surface area (TPSA) is 32.3 Å². The molecule has 0 heterocycles. The molecular weight excluding hydrogens is 217 g/mol. The standard InChI is InChI=1S/C14H20FNO/c1-10(16-8-2-3-11-4-5-11)13-7-6-12(17)9-14(13)15/h6-7,9-11,16-17H,2-5,8H2,1H3. The molecule has 1 aromatic carbocycles. The molecule has 0 saturated heterocycles. The molecule has 1 atom stereocenters. The summed E-state index contributed by atoms with van der Waals surface area (Å²) in [5, 5.41) is 12.5. The van der Waals surface area contributed by atoms with Crippen molar-refractivity contribution in [2.75, 3.05) is 6.54 Å².